The summed E-state index contributed by atoms with van der Waals surface area (Å²) >= 11 is 0. The lowest BCUT2D eigenvalue weighted by molar-refractivity contribution is -0.139. The highest BCUT2D eigenvalue weighted by molar-refractivity contribution is 7.90. The molecule has 21 heavy (non-hydrogen) atoms. The average Bonchev–Trinajstić information content (AvgIpc) is 2.32. The molecule has 116 valence electrons. The number of halogens is 1. The van der Waals surface area contributed by atoms with Crippen LogP contribution in [0.25, 0.3) is 0 Å². The molecule has 0 fully saturated rings. The van der Waals surface area contributed by atoms with Crippen molar-refractivity contribution in [3.8, 4) is 5.75 Å². The summed E-state index contributed by atoms with van der Waals surface area (Å²) in [5.41, 5.74) is -0.446. The fourth-order valence-corrected chi connectivity index (χ4v) is 2.18. The molecule has 3 N–H and O–H groups in total. The van der Waals surface area contributed by atoms with Crippen molar-refractivity contribution in [3.05, 3.63) is 29.6 Å². The fraction of sp³-hybridized carbons (Fsp3) is 0.333. The largest absolute Gasteiger partial charge is 0.508 e. The molecule has 1 rings (SSSR count). The topological polar surface area (TPSA) is 121 Å². The number of carboxylic acid groups (broad SMARTS) is 1. The van der Waals surface area contributed by atoms with Crippen molar-refractivity contribution in [2.75, 3.05) is 12.0 Å². The SMILES string of the molecule is CS(=O)(=O)CCC(NC(=O)c1ccc(O)cc1F)C(=O)O. The van der Waals surface area contributed by atoms with E-state index in [4.69, 9.17) is 10.2 Å². The zero-order chi connectivity index (χ0) is 16.2. The van der Waals surface area contributed by atoms with Crippen LogP contribution in [0.4, 0.5) is 4.39 Å². The molecule has 0 heterocycles. The summed E-state index contributed by atoms with van der Waals surface area (Å²) in [5, 5.41) is 20.0. The molecule has 0 aliphatic heterocycles. The van der Waals surface area contributed by atoms with E-state index in [1.165, 1.54) is 0 Å². The summed E-state index contributed by atoms with van der Waals surface area (Å²) in [5.74, 6) is -4.25. The van der Waals surface area contributed by atoms with Crippen LogP contribution in [0, 0.1) is 5.82 Å². The molecule has 0 saturated carbocycles. The molecule has 1 aromatic rings. The molecule has 0 spiro atoms. The molecule has 0 bridgehead atoms. The van der Waals surface area contributed by atoms with Crippen molar-refractivity contribution < 1.29 is 32.6 Å². The summed E-state index contributed by atoms with van der Waals surface area (Å²) in [6.45, 7) is 0. The standard InChI is InChI=1S/C12H14FNO6S/c1-21(19,20)5-4-10(12(17)18)14-11(16)8-3-2-7(15)6-9(8)13/h2-3,6,10,15H,4-5H2,1H3,(H,14,16)(H,17,18). The molecule has 1 aromatic carbocycles. The van der Waals surface area contributed by atoms with Crippen LogP contribution in [0.1, 0.15) is 16.8 Å². The first-order valence-electron chi connectivity index (χ1n) is 5.80. The van der Waals surface area contributed by atoms with E-state index in [0.717, 1.165) is 18.4 Å². The van der Waals surface area contributed by atoms with Crippen molar-refractivity contribution in [2.24, 2.45) is 0 Å². The number of hydrogen-bond acceptors (Lipinski definition) is 5. The third-order valence-electron chi connectivity index (χ3n) is 2.58. The number of phenolic OH excluding ortho intramolecular Hbond substituents is 1. The predicted octanol–water partition coefficient (Wildman–Crippen LogP) is 0.149. The van der Waals surface area contributed by atoms with Gasteiger partial charge in [0.2, 0.25) is 0 Å². The Morgan fingerprint density at radius 2 is 2.00 bits per heavy atom. The van der Waals surface area contributed by atoms with Crippen molar-refractivity contribution in [3.63, 3.8) is 0 Å². The smallest absolute Gasteiger partial charge is 0.326 e. The average molecular weight is 319 g/mol. The quantitative estimate of drug-likeness (QED) is 0.686. The van der Waals surface area contributed by atoms with Crippen LogP contribution < -0.4 is 5.32 Å². The number of carbonyl (C=O) groups excluding carboxylic acids is 1. The summed E-state index contributed by atoms with van der Waals surface area (Å²) < 4.78 is 35.5. The fourth-order valence-electron chi connectivity index (χ4n) is 1.51. The molecule has 7 nitrogen and oxygen atoms in total. The summed E-state index contributed by atoms with van der Waals surface area (Å²) in [4.78, 5) is 22.7. The summed E-state index contributed by atoms with van der Waals surface area (Å²) in [6, 6.07) is 1.32. The maximum absolute atomic E-state index is 13.5. The molecule has 0 aliphatic rings. The Morgan fingerprint density at radius 1 is 1.38 bits per heavy atom. The van der Waals surface area contributed by atoms with E-state index < -0.39 is 44.9 Å². The number of amides is 1. The minimum atomic E-state index is -3.39. The summed E-state index contributed by atoms with van der Waals surface area (Å²) in [6.07, 6.45) is 0.604. The van der Waals surface area contributed by atoms with Gasteiger partial charge in [0.25, 0.3) is 5.91 Å². The first-order valence-corrected chi connectivity index (χ1v) is 7.86. The number of aromatic hydroxyl groups is 1. The van der Waals surface area contributed by atoms with E-state index in [0.29, 0.717) is 6.07 Å². The monoisotopic (exact) mass is 319 g/mol. The Morgan fingerprint density at radius 3 is 2.48 bits per heavy atom. The van der Waals surface area contributed by atoms with E-state index >= 15 is 0 Å². The van der Waals surface area contributed by atoms with Gasteiger partial charge in [-0.15, -0.1) is 0 Å². The number of carboxylic acids is 1. The number of phenols is 1. The van der Waals surface area contributed by atoms with Crippen LogP contribution in [-0.4, -0.2) is 48.6 Å². The van der Waals surface area contributed by atoms with Crippen molar-refractivity contribution in [2.45, 2.75) is 12.5 Å². The van der Waals surface area contributed by atoms with E-state index in [9.17, 15) is 22.4 Å². The third-order valence-corrected chi connectivity index (χ3v) is 3.56. The van der Waals surface area contributed by atoms with Crippen molar-refractivity contribution >= 4 is 21.7 Å². The lowest BCUT2D eigenvalue weighted by Crippen LogP contribution is -2.42. The lowest BCUT2D eigenvalue weighted by atomic mass is 10.1. The van der Waals surface area contributed by atoms with Gasteiger partial charge in [-0.05, 0) is 18.6 Å². The number of carbonyl (C=O) groups is 2. The Hall–Kier alpha value is -2.16. The molecule has 0 saturated heterocycles. The van der Waals surface area contributed by atoms with E-state index in [1.807, 2.05) is 5.32 Å². The molecule has 9 heteroatoms. The maximum atomic E-state index is 13.5. The van der Waals surface area contributed by atoms with Crippen molar-refractivity contribution in [1.82, 2.24) is 5.32 Å². The van der Waals surface area contributed by atoms with Gasteiger partial charge in [0.15, 0.2) is 0 Å². The van der Waals surface area contributed by atoms with Gasteiger partial charge in [0, 0.05) is 12.3 Å². The molecule has 1 atom stereocenters. The third kappa shape index (κ3) is 5.38. The summed E-state index contributed by atoms with van der Waals surface area (Å²) in [7, 11) is -3.39. The van der Waals surface area contributed by atoms with Gasteiger partial charge in [0.05, 0.1) is 11.3 Å². The minimum Gasteiger partial charge on any atom is -0.508 e. The highest BCUT2D eigenvalue weighted by atomic mass is 32.2. The molecule has 0 aliphatic carbocycles. The number of nitrogens with one attached hydrogen (secondary N) is 1. The van der Waals surface area contributed by atoms with Gasteiger partial charge in [-0.25, -0.2) is 17.6 Å². The van der Waals surface area contributed by atoms with E-state index in [1.54, 1.807) is 0 Å². The minimum absolute atomic E-state index is 0.334. The number of benzene rings is 1. The molecule has 1 unspecified atom stereocenters. The number of aliphatic carboxylic acids is 1. The van der Waals surface area contributed by atoms with E-state index in [-0.39, 0.29) is 12.2 Å². The maximum Gasteiger partial charge on any atom is 0.326 e. The van der Waals surface area contributed by atoms with Crippen LogP contribution in [0.5, 0.6) is 5.75 Å². The number of sulfone groups is 1. The molecule has 1 amide bonds. The van der Waals surface area contributed by atoms with Crippen LogP contribution in [0.15, 0.2) is 18.2 Å². The molecule has 0 radical (unpaired) electrons. The van der Waals surface area contributed by atoms with Crippen LogP contribution >= 0.6 is 0 Å². The highest BCUT2D eigenvalue weighted by Crippen LogP contribution is 2.15. The van der Waals surface area contributed by atoms with Gasteiger partial charge in [0.1, 0.15) is 27.4 Å². The zero-order valence-corrected chi connectivity index (χ0v) is 11.9. The van der Waals surface area contributed by atoms with Crippen molar-refractivity contribution in [1.29, 1.82) is 0 Å². The Kier molecular flexibility index (Phi) is 5.25. The normalized spacial score (nSPS) is 12.7. The van der Waals surface area contributed by atoms with Crippen LogP contribution in [-0.2, 0) is 14.6 Å². The van der Waals surface area contributed by atoms with Gasteiger partial charge < -0.3 is 15.5 Å². The number of hydrogen-bond donors (Lipinski definition) is 3. The molecular weight excluding hydrogens is 305 g/mol. The molecule has 0 aromatic heterocycles. The Balaban J connectivity index is 2.84. The van der Waals surface area contributed by atoms with Gasteiger partial charge in [-0.1, -0.05) is 0 Å². The van der Waals surface area contributed by atoms with Gasteiger partial charge >= 0.3 is 5.97 Å². The second-order valence-corrected chi connectivity index (χ2v) is 6.71. The van der Waals surface area contributed by atoms with Gasteiger partial charge in [-0.3, -0.25) is 4.79 Å². The first-order chi connectivity index (χ1) is 9.60. The second-order valence-electron chi connectivity index (χ2n) is 4.45. The Bertz CT molecular complexity index is 658. The highest BCUT2D eigenvalue weighted by Gasteiger charge is 2.23. The number of rotatable bonds is 6. The first kappa shape index (κ1) is 16.9. The lowest BCUT2D eigenvalue weighted by Gasteiger charge is -2.14. The second kappa shape index (κ2) is 6.53. The van der Waals surface area contributed by atoms with E-state index in [2.05, 4.69) is 0 Å². The molecular formula is C12H14FNO6S. The Labute approximate surface area is 120 Å². The van der Waals surface area contributed by atoms with Gasteiger partial charge in [-0.2, -0.15) is 0 Å². The van der Waals surface area contributed by atoms with Crippen LogP contribution in [0.2, 0.25) is 0 Å². The van der Waals surface area contributed by atoms with Crippen LogP contribution in [0.3, 0.4) is 0 Å². The predicted molar refractivity (Wildman–Crippen MR) is 71.3 cm³/mol. The zero-order valence-electron chi connectivity index (χ0n) is 11.0.